The number of furan rings is 1. The van der Waals surface area contributed by atoms with E-state index in [-0.39, 0.29) is 0 Å². The first-order chi connectivity index (χ1) is 12.2. The highest BCUT2D eigenvalue weighted by Crippen LogP contribution is 2.28. The smallest absolute Gasteiger partial charge is 0.140 e. The molecular formula is C21H20N2O2. The standard InChI is InChI=1S/C21H20N2O2/c1-14-12-22-21(16-8-9-20-18(11-16)10-15(2)25-20)23(14)13-17-6-4-5-7-19(17)24-3/h4-12H,13H2,1-3H3. The summed E-state index contributed by atoms with van der Waals surface area (Å²) in [4.78, 5) is 4.64. The molecule has 126 valence electrons. The van der Waals surface area contributed by atoms with E-state index >= 15 is 0 Å². The lowest BCUT2D eigenvalue weighted by molar-refractivity contribution is 0.408. The minimum absolute atomic E-state index is 0.716. The van der Waals surface area contributed by atoms with E-state index in [4.69, 9.17) is 9.15 Å². The van der Waals surface area contributed by atoms with E-state index in [0.29, 0.717) is 6.54 Å². The number of benzene rings is 2. The van der Waals surface area contributed by atoms with E-state index in [1.807, 2.05) is 37.4 Å². The number of nitrogens with zero attached hydrogens (tertiary/aromatic N) is 2. The van der Waals surface area contributed by atoms with E-state index in [2.05, 4.69) is 40.7 Å². The average Bonchev–Trinajstić information content (AvgIpc) is 3.17. The molecule has 0 aliphatic carbocycles. The van der Waals surface area contributed by atoms with Crippen molar-refractivity contribution in [3.63, 3.8) is 0 Å². The zero-order valence-electron chi connectivity index (χ0n) is 14.6. The minimum Gasteiger partial charge on any atom is -0.496 e. The van der Waals surface area contributed by atoms with Crippen molar-refractivity contribution in [1.82, 2.24) is 9.55 Å². The van der Waals surface area contributed by atoms with Crippen molar-refractivity contribution in [1.29, 1.82) is 0 Å². The SMILES string of the molecule is COc1ccccc1Cn1c(C)cnc1-c1ccc2oc(C)cc2c1. The van der Waals surface area contributed by atoms with Crippen LogP contribution in [0.15, 0.2) is 59.1 Å². The third kappa shape index (κ3) is 2.80. The third-order valence-electron chi connectivity index (χ3n) is 4.47. The highest BCUT2D eigenvalue weighted by atomic mass is 16.5. The summed E-state index contributed by atoms with van der Waals surface area (Å²) < 4.78 is 13.4. The number of rotatable bonds is 4. The summed E-state index contributed by atoms with van der Waals surface area (Å²) in [5, 5.41) is 1.10. The molecule has 4 rings (SSSR count). The first kappa shape index (κ1) is 15.5. The molecule has 0 aliphatic heterocycles. The van der Waals surface area contributed by atoms with Crippen LogP contribution in [0.25, 0.3) is 22.4 Å². The first-order valence-electron chi connectivity index (χ1n) is 8.30. The van der Waals surface area contributed by atoms with E-state index < -0.39 is 0 Å². The number of methoxy groups -OCH3 is 1. The van der Waals surface area contributed by atoms with Gasteiger partial charge in [0.2, 0.25) is 0 Å². The van der Waals surface area contributed by atoms with Crippen LogP contribution in [-0.4, -0.2) is 16.7 Å². The lowest BCUT2D eigenvalue weighted by Gasteiger charge is -2.13. The number of aromatic nitrogens is 2. The van der Waals surface area contributed by atoms with E-state index in [1.165, 1.54) is 0 Å². The second-order valence-electron chi connectivity index (χ2n) is 6.23. The number of aryl methyl sites for hydroxylation is 2. The molecule has 2 heterocycles. The van der Waals surface area contributed by atoms with Crippen LogP contribution in [0.1, 0.15) is 17.0 Å². The molecule has 0 radical (unpaired) electrons. The molecular weight excluding hydrogens is 312 g/mol. The largest absolute Gasteiger partial charge is 0.496 e. The zero-order chi connectivity index (χ0) is 17.4. The lowest BCUT2D eigenvalue weighted by Crippen LogP contribution is -2.05. The number of fused-ring (bicyclic) bond motifs is 1. The van der Waals surface area contributed by atoms with Crippen LogP contribution in [0.2, 0.25) is 0 Å². The molecule has 0 saturated heterocycles. The van der Waals surface area contributed by atoms with Gasteiger partial charge in [0.15, 0.2) is 0 Å². The second kappa shape index (κ2) is 6.13. The minimum atomic E-state index is 0.716. The summed E-state index contributed by atoms with van der Waals surface area (Å²) in [5.41, 5.74) is 4.23. The molecule has 4 heteroatoms. The summed E-state index contributed by atoms with van der Waals surface area (Å²) in [7, 11) is 1.70. The molecule has 0 bridgehead atoms. The predicted octanol–water partition coefficient (Wildman–Crippen LogP) is 4.97. The van der Waals surface area contributed by atoms with Crippen molar-refractivity contribution in [2.45, 2.75) is 20.4 Å². The van der Waals surface area contributed by atoms with Crippen LogP contribution in [0.3, 0.4) is 0 Å². The zero-order valence-corrected chi connectivity index (χ0v) is 14.6. The fourth-order valence-corrected chi connectivity index (χ4v) is 3.21. The number of ether oxygens (including phenoxy) is 1. The molecule has 2 aromatic carbocycles. The predicted molar refractivity (Wildman–Crippen MR) is 99.0 cm³/mol. The Hall–Kier alpha value is -3.01. The van der Waals surface area contributed by atoms with Crippen molar-refractivity contribution in [3.05, 3.63) is 71.7 Å². The Balaban J connectivity index is 1.78. The van der Waals surface area contributed by atoms with E-state index in [0.717, 1.165) is 45.1 Å². The van der Waals surface area contributed by atoms with Gasteiger partial charge in [-0.05, 0) is 44.2 Å². The average molecular weight is 332 g/mol. The van der Waals surface area contributed by atoms with Gasteiger partial charge in [-0.2, -0.15) is 0 Å². The van der Waals surface area contributed by atoms with Gasteiger partial charge in [0.1, 0.15) is 22.9 Å². The maximum Gasteiger partial charge on any atom is 0.140 e. The Morgan fingerprint density at radius 3 is 2.76 bits per heavy atom. The summed E-state index contributed by atoms with van der Waals surface area (Å²) >= 11 is 0. The molecule has 0 N–H and O–H groups in total. The van der Waals surface area contributed by atoms with Crippen LogP contribution < -0.4 is 4.74 Å². The molecule has 0 spiro atoms. The van der Waals surface area contributed by atoms with Crippen molar-refractivity contribution < 1.29 is 9.15 Å². The highest BCUT2D eigenvalue weighted by molar-refractivity contribution is 5.83. The monoisotopic (exact) mass is 332 g/mol. The van der Waals surface area contributed by atoms with Gasteiger partial charge in [0.25, 0.3) is 0 Å². The topological polar surface area (TPSA) is 40.2 Å². The Bertz CT molecular complexity index is 1040. The van der Waals surface area contributed by atoms with E-state index in [1.54, 1.807) is 7.11 Å². The van der Waals surface area contributed by atoms with Crippen molar-refractivity contribution in [3.8, 4) is 17.1 Å². The third-order valence-corrected chi connectivity index (χ3v) is 4.47. The molecule has 0 aliphatic rings. The molecule has 0 fully saturated rings. The van der Waals surface area contributed by atoms with Gasteiger partial charge in [-0.1, -0.05) is 18.2 Å². The fraction of sp³-hybridized carbons (Fsp3) is 0.190. The van der Waals surface area contributed by atoms with Gasteiger partial charge >= 0.3 is 0 Å². The normalized spacial score (nSPS) is 11.2. The molecule has 25 heavy (non-hydrogen) atoms. The number of hydrogen-bond acceptors (Lipinski definition) is 3. The van der Waals surface area contributed by atoms with Crippen LogP contribution >= 0.6 is 0 Å². The maximum atomic E-state index is 5.68. The highest BCUT2D eigenvalue weighted by Gasteiger charge is 2.13. The molecule has 0 amide bonds. The van der Waals surface area contributed by atoms with Crippen molar-refractivity contribution in [2.75, 3.05) is 7.11 Å². The van der Waals surface area contributed by atoms with Crippen LogP contribution in [0.5, 0.6) is 5.75 Å². The van der Waals surface area contributed by atoms with E-state index in [9.17, 15) is 0 Å². The Morgan fingerprint density at radius 1 is 1.08 bits per heavy atom. The van der Waals surface area contributed by atoms with Gasteiger partial charge in [0.05, 0.1) is 13.7 Å². The van der Waals surface area contributed by atoms with Gasteiger partial charge in [-0.15, -0.1) is 0 Å². The summed E-state index contributed by atoms with van der Waals surface area (Å²) in [6.45, 7) is 4.76. The second-order valence-corrected chi connectivity index (χ2v) is 6.23. The summed E-state index contributed by atoms with van der Waals surface area (Å²) in [6, 6.07) is 16.3. The molecule has 2 aromatic heterocycles. The van der Waals surface area contributed by atoms with Crippen molar-refractivity contribution in [2.24, 2.45) is 0 Å². The van der Waals surface area contributed by atoms with Gasteiger partial charge in [0, 0.05) is 28.4 Å². The Labute approximate surface area is 146 Å². The molecule has 0 saturated carbocycles. The molecule has 0 unspecified atom stereocenters. The number of imidazole rings is 1. The van der Waals surface area contributed by atoms with Crippen LogP contribution in [0, 0.1) is 13.8 Å². The fourth-order valence-electron chi connectivity index (χ4n) is 3.21. The van der Waals surface area contributed by atoms with Crippen LogP contribution in [0.4, 0.5) is 0 Å². The maximum absolute atomic E-state index is 5.68. The number of hydrogen-bond donors (Lipinski definition) is 0. The molecule has 4 aromatic rings. The van der Waals surface area contributed by atoms with Gasteiger partial charge < -0.3 is 13.7 Å². The first-order valence-corrected chi connectivity index (χ1v) is 8.30. The van der Waals surface area contributed by atoms with Gasteiger partial charge in [-0.25, -0.2) is 4.98 Å². The Kier molecular flexibility index (Phi) is 3.80. The van der Waals surface area contributed by atoms with Gasteiger partial charge in [-0.3, -0.25) is 0 Å². The Morgan fingerprint density at radius 2 is 1.92 bits per heavy atom. The lowest BCUT2D eigenvalue weighted by atomic mass is 10.1. The molecule has 4 nitrogen and oxygen atoms in total. The quantitative estimate of drug-likeness (QED) is 0.530. The van der Waals surface area contributed by atoms with Crippen molar-refractivity contribution >= 4 is 11.0 Å². The summed E-state index contributed by atoms with van der Waals surface area (Å²) in [6.07, 6.45) is 1.91. The van der Waals surface area contributed by atoms with Crippen LogP contribution in [-0.2, 0) is 6.54 Å². The molecule has 0 atom stereocenters. The summed E-state index contributed by atoms with van der Waals surface area (Å²) in [5.74, 6) is 2.76. The number of para-hydroxylation sites is 1.